The second kappa shape index (κ2) is 6.92. The Morgan fingerprint density at radius 1 is 0.800 bits per heavy atom. The molecule has 89 valence electrons. The van der Waals surface area contributed by atoms with E-state index >= 15 is 0 Å². The van der Waals surface area contributed by atoms with Crippen molar-refractivity contribution in [1.29, 1.82) is 0 Å². The van der Waals surface area contributed by atoms with E-state index in [1.807, 2.05) is 0 Å². The molecule has 1 radical (unpaired) electrons. The van der Waals surface area contributed by atoms with Gasteiger partial charge in [0.05, 0.1) is 0 Å². The second-order valence-electron chi connectivity index (χ2n) is 1.67. The van der Waals surface area contributed by atoms with Crippen LogP contribution in [0, 0.1) is 0 Å². The Labute approximate surface area is 116 Å². The standard InChI is InChI=1S/C4F6O3.Ag.Na.H/c5-3(6,7)1(11)13-2(12)4(8,9)10;;;. The summed E-state index contributed by atoms with van der Waals surface area (Å²) in [6.45, 7) is 0. The number of hydrogen-bond donors (Lipinski definition) is 0. The van der Waals surface area contributed by atoms with Crippen molar-refractivity contribution in [3.8, 4) is 0 Å². The zero-order valence-corrected chi connectivity index (χ0v) is 7.28. The summed E-state index contributed by atoms with van der Waals surface area (Å²) >= 11 is 0. The molecular weight excluding hydrogens is 341 g/mol. The van der Waals surface area contributed by atoms with Gasteiger partial charge in [-0.05, 0) is 0 Å². The Kier molecular flexibility index (Phi) is 9.60. The molecule has 3 nitrogen and oxygen atoms in total. The third-order valence-electron chi connectivity index (χ3n) is 0.648. The van der Waals surface area contributed by atoms with Gasteiger partial charge in [0.1, 0.15) is 0 Å². The summed E-state index contributed by atoms with van der Waals surface area (Å²) < 4.78 is 69.7. The summed E-state index contributed by atoms with van der Waals surface area (Å²) in [6, 6.07) is 0. The molecule has 0 aromatic carbocycles. The van der Waals surface area contributed by atoms with E-state index < -0.39 is 24.3 Å². The third-order valence-corrected chi connectivity index (χ3v) is 0.648. The van der Waals surface area contributed by atoms with Gasteiger partial charge in [-0.25, -0.2) is 9.59 Å². The van der Waals surface area contributed by atoms with Crippen LogP contribution in [0.15, 0.2) is 0 Å². The molecule has 0 fully saturated rings. The molecule has 0 aromatic rings. The number of carbonyl (C=O) groups excluding carboxylic acids is 2. The van der Waals surface area contributed by atoms with Crippen LogP contribution in [0.25, 0.3) is 0 Å². The summed E-state index contributed by atoms with van der Waals surface area (Å²) in [5, 5.41) is 0. The SMILES string of the molecule is O=C(OC(=O)C(F)(F)F)C(F)(F)F.[Ag].[NaH]. The predicted octanol–water partition coefficient (Wildman–Crippen LogP) is 0.530. The van der Waals surface area contributed by atoms with Crippen LogP contribution in [0.1, 0.15) is 0 Å². The van der Waals surface area contributed by atoms with Crippen LogP contribution in [-0.4, -0.2) is 53.8 Å². The minimum absolute atomic E-state index is 0. The molecule has 0 heterocycles. The summed E-state index contributed by atoms with van der Waals surface area (Å²) in [6.07, 6.45) is -11.2. The molecule has 0 saturated heterocycles. The van der Waals surface area contributed by atoms with Gasteiger partial charge in [-0.2, -0.15) is 26.3 Å². The topological polar surface area (TPSA) is 43.4 Å². The van der Waals surface area contributed by atoms with Crippen LogP contribution in [0.5, 0.6) is 0 Å². The van der Waals surface area contributed by atoms with Crippen LogP contribution in [0.3, 0.4) is 0 Å². The third kappa shape index (κ3) is 8.29. The molecule has 0 amide bonds. The summed E-state index contributed by atoms with van der Waals surface area (Å²) in [5.74, 6) is -6.40. The molecule has 0 bridgehead atoms. The molecule has 0 spiro atoms. The molecule has 0 N–H and O–H groups in total. The van der Waals surface area contributed by atoms with Crippen molar-refractivity contribution in [1.82, 2.24) is 0 Å². The number of rotatable bonds is 0. The van der Waals surface area contributed by atoms with Crippen molar-refractivity contribution in [2.75, 3.05) is 0 Å². The Morgan fingerprint density at radius 2 is 1.00 bits per heavy atom. The van der Waals surface area contributed by atoms with Gasteiger partial charge >= 0.3 is 53.8 Å². The zero-order chi connectivity index (χ0) is 10.9. The van der Waals surface area contributed by atoms with E-state index in [9.17, 15) is 35.9 Å². The molecule has 0 aliphatic rings. The molecule has 0 saturated carbocycles. The van der Waals surface area contributed by atoms with Crippen molar-refractivity contribution in [2.24, 2.45) is 0 Å². The van der Waals surface area contributed by atoms with Crippen LogP contribution in [0.4, 0.5) is 26.3 Å². The van der Waals surface area contributed by atoms with Gasteiger partial charge in [0.15, 0.2) is 0 Å². The number of alkyl halides is 6. The Morgan fingerprint density at radius 3 is 1.13 bits per heavy atom. The second-order valence-corrected chi connectivity index (χ2v) is 1.67. The molecule has 0 aliphatic heterocycles. The number of halogens is 6. The van der Waals surface area contributed by atoms with E-state index in [0.717, 1.165) is 0 Å². The molecule has 0 rings (SSSR count). The maximum absolute atomic E-state index is 11.2. The monoisotopic (exact) mass is 341 g/mol. The van der Waals surface area contributed by atoms with Crippen LogP contribution in [0.2, 0.25) is 0 Å². The quantitative estimate of drug-likeness (QED) is 0.279. The molecule has 0 aromatic heterocycles. The summed E-state index contributed by atoms with van der Waals surface area (Å²) in [5.41, 5.74) is 0. The first-order valence-corrected chi connectivity index (χ1v) is 2.45. The van der Waals surface area contributed by atoms with E-state index in [-0.39, 0.29) is 51.9 Å². The van der Waals surface area contributed by atoms with E-state index in [0.29, 0.717) is 0 Å². The number of carbonyl (C=O) groups is 2. The zero-order valence-electron chi connectivity index (χ0n) is 5.79. The summed E-state index contributed by atoms with van der Waals surface area (Å²) in [7, 11) is 0. The van der Waals surface area contributed by atoms with Gasteiger partial charge in [0.2, 0.25) is 0 Å². The molecular formula is C4HAgF6NaO3. The average molecular weight is 342 g/mol. The molecule has 15 heavy (non-hydrogen) atoms. The van der Waals surface area contributed by atoms with Gasteiger partial charge in [-0.15, -0.1) is 0 Å². The fourth-order valence-corrected chi connectivity index (χ4v) is 0.200. The predicted molar refractivity (Wildman–Crippen MR) is 30.4 cm³/mol. The van der Waals surface area contributed by atoms with Crippen molar-refractivity contribution >= 4 is 41.5 Å². The van der Waals surface area contributed by atoms with Crippen LogP contribution in [-0.2, 0) is 36.7 Å². The fraction of sp³-hybridized carbons (Fsp3) is 0.500. The molecule has 0 atom stereocenters. The Balaban J connectivity index is -0.000000720. The fourth-order valence-electron chi connectivity index (χ4n) is 0.200. The van der Waals surface area contributed by atoms with Crippen LogP contribution >= 0.6 is 0 Å². The van der Waals surface area contributed by atoms with Crippen molar-refractivity contribution in [3.05, 3.63) is 0 Å². The Hall–Kier alpha value is 0.460. The normalized spacial score (nSPS) is 10.8. The van der Waals surface area contributed by atoms with Crippen molar-refractivity contribution in [2.45, 2.75) is 12.4 Å². The van der Waals surface area contributed by atoms with Crippen molar-refractivity contribution in [3.63, 3.8) is 0 Å². The molecule has 0 unspecified atom stereocenters. The first kappa shape index (κ1) is 20.8. The van der Waals surface area contributed by atoms with E-state index in [2.05, 4.69) is 4.74 Å². The minimum atomic E-state index is -5.62. The van der Waals surface area contributed by atoms with Gasteiger partial charge in [0, 0.05) is 22.4 Å². The number of esters is 2. The van der Waals surface area contributed by atoms with Gasteiger partial charge < -0.3 is 4.74 Å². The van der Waals surface area contributed by atoms with Gasteiger partial charge in [0.25, 0.3) is 0 Å². The van der Waals surface area contributed by atoms with E-state index in [4.69, 9.17) is 0 Å². The molecule has 11 heteroatoms. The number of hydrogen-bond acceptors (Lipinski definition) is 3. The van der Waals surface area contributed by atoms with Gasteiger partial charge in [-0.1, -0.05) is 0 Å². The molecule has 0 aliphatic carbocycles. The van der Waals surface area contributed by atoms with Crippen LogP contribution < -0.4 is 0 Å². The number of ether oxygens (including phenoxy) is 1. The van der Waals surface area contributed by atoms with E-state index in [1.165, 1.54) is 0 Å². The first-order valence-electron chi connectivity index (χ1n) is 2.45. The van der Waals surface area contributed by atoms with Crippen molar-refractivity contribution < 1.29 is 63.0 Å². The Bertz CT molecular complexity index is 212. The van der Waals surface area contributed by atoms with E-state index in [1.54, 1.807) is 0 Å². The first-order chi connectivity index (χ1) is 5.55. The van der Waals surface area contributed by atoms with Gasteiger partial charge in [-0.3, -0.25) is 0 Å². The summed E-state index contributed by atoms with van der Waals surface area (Å²) in [4.78, 5) is 19.3. The average Bonchev–Trinajstić information content (AvgIpc) is 1.82. The maximum atomic E-state index is 11.2.